The standard InChI is InChI=1S/C15H22N4/c1-11-7-12(2)14(13(3)8-11)9-16-6-4-5-15-17-10-18-19-15/h7-8,10,16H,4-6,9H2,1-3H3,(H,17,18,19). The van der Waals surface area contributed by atoms with Gasteiger partial charge in [0.1, 0.15) is 12.2 Å². The van der Waals surface area contributed by atoms with Crippen LogP contribution in [0.25, 0.3) is 0 Å². The number of aromatic nitrogens is 3. The fraction of sp³-hybridized carbons (Fsp3) is 0.467. The van der Waals surface area contributed by atoms with Crippen LogP contribution < -0.4 is 5.32 Å². The Morgan fingerprint density at radius 1 is 1.16 bits per heavy atom. The predicted octanol–water partition coefficient (Wildman–Crippen LogP) is 2.45. The summed E-state index contributed by atoms with van der Waals surface area (Å²) >= 11 is 0. The van der Waals surface area contributed by atoms with E-state index in [4.69, 9.17) is 0 Å². The van der Waals surface area contributed by atoms with Gasteiger partial charge in [0.15, 0.2) is 0 Å². The van der Waals surface area contributed by atoms with Crippen molar-refractivity contribution in [2.45, 2.75) is 40.2 Å². The molecule has 2 N–H and O–H groups in total. The molecule has 0 unspecified atom stereocenters. The van der Waals surface area contributed by atoms with Crippen LogP contribution in [-0.4, -0.2) is 21.7 Å². The van der Waals surface area contributed by atoms with Crippen LogP contribution in [0.4, 0.5) is 0 Å². The second kappa shape index (κ2) is 6.48. The molecule has 0 radical (unpaired) electrons. The number of hydrogen-bond donors (Lipinski definition) is 2. The topological polar surface area (TPSA) is 53.6 Å². The molecular formula is C15H22N4. The van der Waals surface area contributed by atoms with Gasteiger partial charge in [-0.05, 0) is 50.4 Å². The molecule has 0 aliphatic carbocycles. The lowest BCUT2D eigenvalue weighted by Crippen LogP contribution is -2.17. The van der Waals surface area contributed by atoms with E-state index in [1.165, 1.54) is 22.3 Å². The number of aromatic amines is 1. The molecule has 0 saturated carbocycles. The molecule has 0 atom stereocenters. The summed E-state index contributed by atoms with van der Waals surface area (Å²) in [6.45, 7) is 8.45. The van der Waals surface area contributed by atoms with Crippen molar-refractivity contribution < 1.29 is 0 Å². The summed E-state index contributed by atoms with van der Waals surface area (Å²) in [7, 11) is 0. The van der Waals surface area contributed by atoms with E-state index < -0.39 is 0 Å². The zero-order valence-corrected chi connectivity index (χ0v) is 12.0. The number of hydrogen-bond acceptors (Lipinski definition) is 3. The molecule has 2 rings (SSSR count). The van der Waals surface area contributed by atoms with Crippen molar-refractivity contribution in [2.75, 3.05) is 6.54 Å². The Morgan fingerprint density at radius 3 is 2.53 bits per heavy atom. The van der Waals surface area contributed by atoms with Crippen molar-refractivity contribution in [3.05, 3.63) is 46.5 Å². The highest BCUT2D eigenvalue weighted by atomic mass is 15.2. The van der Waals surface area contributed by atoms with Gasteiger partial charge in [0.2, 0.25) is 0 Å². The normalized spacial score (nSPS) is 10.9. The van der Waals surface area contributed by atoms with Crippen molar-refractivity contribution in [1.29, 1.82) is 0 Å². The summed E-state index contributed by atoms with van der Waals surface area (Å²) in [4.78, 5) is 4.12. The molecule has 1 heterocycles. The minimum absolute atomic E-state index is 0.939. The van der Waals surface area contributed by atoms with Crippen LogP contribution in [-0.2, 0) is 13.0 Å². The van der Waals surface area contributed by atoms with Gasteiger partial charge < -0.3 is 5.32 Å². The Labute approximate surface area is 114 Å². The van der Waals surface area contributed by atoms with E-state index >= 15 is 0 Å². The molecule has 1 aromatic heterocycles. The lowest BCUT2D eigenvalue weighted by molar-refractivity contribution is 0.636. The Morgan fingerprint density at radius 2 is 1.89 bits per heavy atom. The maximum Gasteiger partial charge on any atom is 0.137 e. The molecule has 0 aliphatic heterocycles. The first-order valence-electron chi connectivity index (χ1n) is 6.78. The van der Waals surface area contributed by atoms with Crippen molar-refractivity contribution in [1.82, 2.24) is 20.5 Å². The summed E-state index contributed by atoms with van der Waals surface area (Å²) in [5.41, 5.74) is 5.51. The van der Waals surface area contributed by atoms with Crippen molar-refractivity contribution in [3.8, 4) is 0 Å². The molecule has 4 nitrogen and oxygen atoms in total. The maximum absolute atomic E-state index is 4.12. The number of H-pyrrole nitrogens is 1. The summed E-state index contributed by atoms with van der Waals surface area (Å²) < 4.78 is 0. The van der Waals surface area contributed by atoms with Crippen LogP contribution in [0.3, 0.4) is 0 Å². The molecule has 0 fully saturated rings. The van der Waals surface area contributed by atoms with E-state index in [1.54, 1.807) is 6.33 Å². The van der Waals surface area contributed by atoms with Gasteiger partial charge in [0.25, 0.3) is 0 Å². The van der Waals surface area contributed by atoms with Gasteiger partial charge >= 0.3 is 0 Å². The van der Waals surface area contributed by atoms with Crippen LogP contribution in [0.15, 0.2) is 18.5 Å². The summed E-state index contributed by atoms with van der Waals surface area (Å²) in [6.07, 6.45) is 3.57. The van der Waals surface area contributed by atoms with Crippen molar-refractivity contribution in [2.24, 2.45) is 0 Å². The van der Waals surface area contributed by atoms with E-state index in [9.17, 15) is 0 Å². The number of nitrogens with one attached hydrogen (secondary N) is 2. The largest absolute Gasteiger partial charge is 0.313 e. The minimum Gasteiger partial charge on any atom is -0.313 e. The average Bonchev–Trinajstić information content (AvgIpc) is 2.84. The molecule has 0 spiro atoms. The summed E-state index contributed by atoms with van der Waals surface area (Å²) in [5.74, 6) is 0.962. The average molecular weight is 258 g/mol. The highest BCUT2D eigenvalue weighted by Gasteiger charge is 2.03. The van der Waals surface area contributed by atoms with Crippen LogP contribution >= 0.6 is 0 Å². The second-order valence-corrected chi connectivity index (χ2v) is 5.09. The number of benzene rings is 1. The number of rotatable bonds is 6. The Bertz CT molecular complexity index is 494. The van der Waals surface area contributed by atoms with E-state index in [0.29, 0.717) is 0 Å². The zero-order chi connectivity index (χ0) is 13.7. The van der Waals surface area contributed by atoms with Gasteiger partial charge in [-0.15, -0.1) is 0 Å². The molecule has 2 aromatic rings. The fourth-order valence-corrected chi connectivity index (χ4v) is 2.43. The smallest absolute Gasteiger partial charge is 0.137 e. The molecule has 0 aliphatic rings. The van der Waals surface area contributed by atoms with Gasteiger partial charge in [-0.3, -0.25) is 5.10 Å². The van der Waals surface area contributed by atoms with E-state index in [-0.39, 0.29) is 0 Å². The Balaban J connectivity index is 1.77. The van der Waals surface area contributed by atoms with E-state index in [1.807, 2.05) is 0 Å². The second-order valence-electron chi connectivity index (χ2n) is 5.09. The predicted molar refractivity (Wildman–Crippen MR) is 77.1 cm³/mol. The highest BCUT2D eigenvalue weighted by Crippen LogP contribution is 2.15. The SMILES string of the molecule is Cc1cc(C)c(CNCCCc2ncn[nH]2)c(C)c1. The molecule has 102 valence electrons. The van der Waals surface area contributed by atoms with Gasteiger partial charge in [-0.25, -0.2) is 4.98 Å². The van der Waals surface area contributed by atoms with Crippen LogP contribution in [0.5, 0.6) is 0 Å². The number of aryl methyl sites for hydroxylation is 4. The summed E-state index contributed by atoms with van der Waals surface area (Å²) in [5, 5.41) is 10.2. The number of nitrogens with zero attached hydrogens (tertiary/aromatic N) is 2. The van der Waals surface area contributed by atoms with Crippen molar-refractivity contribution in [3.63, 3.8) is 0 Å². The first kappa shape index (κ1) is 13.7. The summed E-state index contributed by atoms with van der Waals surface area (Å²) in [6, 6.07) is 4.50. The zero-order valence-electron chi connectivity index (χ0n) is 12.0. The Hall–Kier alpha value is -1.68. The van der Waals surface area contributed by atoms with E-state index in [0.717, 1.165) is 31.8 Å². The Kier molecular flexibility index (Phi) is 4.68. The first-order valence-corrected chi connectivity index (χ1v) is 6.78. The first-order chi connectivity index (χ1) is 9.16. The van der Waals surface area contributed by atoms with Gasteiger partial charge in [-0.1, -0.05) is 17.7 Å². The monoisotopic (exact) mass is 258 g/mol. The molecule has 0 saturated heterocycles. The van der Waals surface area contributed by atoms with Crippen LogP contribution in [0.1, 0.15) is 34.5 Å². The van der Waals surface area contributed by atoms with E-state index in [2.05, 4.69) is 53.4 Å². The molecule has 0 bridgehead atoms. The lowest BCUT2D eigenvalue weighted by Gasteiger charge is -2.12. The van der Waals surface area contributed by atoms with Crippen LogP contribution in [0, 0.1) is 20.8 Å². The lowest BCUT2D eigenvalue weighted by atomic mass is 10.00. The molecular weight excluding hydrogens is 236 g/mol. The molecule has 4 heteroatoms. The van der Waals surface area contributed by atoms with Gasteiger partial charge in [-0.2, -0.15) is 5.10 Å². The quantitative estimate of drug-likeness (QED) is 0.783. The van der Waals surface area contributed by atoms with Gasteiger partial charge in [0.05, 0.1) is 0 Å². The van der Waals surface area contributed by atoms with Crippen LogP contribution in [0.2, 0.25) is 0 Å². The highest BCUT2D eigenvalue weighted by molar-refractivity contribution is 5.37. The molecule has 19 heavy (non-hydrogen) atoms. The molecule has 1 aromatic carbocycles. The maximum atomic E-state index is 4.12. The minimum atomic E-state index is 0.939. The third-order valence-corrected chi connectivity index (χ3v) is 3.37. The third-order valence-electron chi connectivity index (χ3n) is 3.37. The molecule has 0 amide bonds. The fourth-order valence-electron chi connectivity index (χ4n) is 2.43. The third kappa shape index (κ3) is 3.89. The van der Waals surface area contributed by atoms with Gasteiger partial charge in [0, 0.05) is 13.0 Å². The van der Waals surface area contributed by atoms with Crippen molar-refractivity contribution >= 4 is 0 Å².